The molecule has 2 atom stereocenters. The van der Waals surface area contributed by atoms with Crippen molar-refractivity contribution in [2.24, 2.45) is 5.41 Å². The Morgan fingerprint density at radius 3 is 2.42 bits per heavy atom. The SMILES string of the molecule is CC(C)(C)[Si](C)(C)OCCC[C@@]1(C)CCCC[C@H]1O. The second-order valence-electron chi connectivity index (χ2n) is 8.13. The maximum atomic E-state index is 10.2. The lowest BCUT2D eigenvalue weighted by Crippen LogP contribution is -2.41. The maximum Gasteiger partial charge on any atom is 0.191 e. The molecule has 1 rings (SSSR count). The summed E-state index contributed by atoms with van der Waals surface area (Å²) in [4.78, 5) is 0. The van der Waals surface area contributed by atoms with E-state index < -0.39 is 8.32 Å². The van der Waals surface area contributed by atoms with Gasteiger partial charge in [-0.3, -0.25) is 0 Å². The van der Waals surface area contributed by atoms with Crippen molar-refractivity contribution in [3.05, 3.63) is 0 Å². The first-order chi connectivity index (χ1) is 8.58. The molecule has 1 fully saturated rings. The summed E-state index contributed by atoms with van der Waals surface area (Å²) in [7, 11) is -1.60. The third-order valence-corrected chi connectivity index (χ3v) is 9.98. The zero-order valence-corrected chi connectivity index (χ0v) is 14.9. The average Bonchev–Trinajstić information content (AvgIpc) is 2.27. The zero-order chi connectivity index (χ0) is 14.7. The molecule has 0 aromatic rings. The third-order valence-electron chi connectivity index (χ3n) is 5.44. The van der Waals surface area contributed by atoms with Gasteiger partial charge in [-0.2, -0.15) is 0 Å². The lowest BCUT2D eigenvalue weighted by molar-refractivity contribution is -0.00830. The molecule has 0 aromatic carbocycles. The van der Waals surface area contributed by atoms with Gasteiger partial charge in [-0.1, -0.05) is 40.5 Å². The van der Waals surface area contributed by atoms with Gasteiger partial charge in [0.05, 0.1) is 6.10 Å². The molecule has 0 unspecified atom stereocenters. The fourth-order valence-corrected chi connectivity index (χ4v) is 3.78. The number of hydrogen-bond acceptors (Lipinski definition) is 2. The van der Waals surface area contributed by atoms with Crippen LogP contribution in [0.2, 0.25) is 18.1 Å². The van der Waals surface area contributed by atoms with Gasteiger partial charge in [0.1, 0.15) is 0 Å². The molecule has 0 radical (unpaired) electrons. The van der Waals surface area contributed by atoms with Gasteiger partial charge in [-0.25, -0.2) is 0 Å². The monoisotopic (exact) mass is 286 g/mol. The summed E-state index contributed by atoms with van der Waals surface area (Å²) in [5.74, 6) is 0. The fourth-order valence-electron chi connectivity index (χ4n) is 2.69. The van der Waals surface area contributed by atoms with Crippen molar-refractivity contribution >= 4 is 8.32 Å². The van der Waals surface area contributed by atoms with Gasteiger partial charge >= 0.3 is 0 Å². The minimum atomic E-state index is -1.60. The molecule has 1 saturated carbocycles. The van der Waals surface area contributed by atoms with Crippen molar-refractivity contribution in [2.75, 3.05) is 6.61 Å². The van der Waals surface area contributed by atoms with Crippen LogP contribution in [0.3, 0.4) is 0 Å². The Bertz CT molecular complexity index is 283. The van der Waals surface area contributed by atoms with E-state index >= 15 is 0 Å². The van der Waals surface area contributed by atoms with Gasteiger partial charge in [0.2, 0.25) is 0 Å². The first-order valence-corrected chi connectivity index (χ1v) is 10.8. The lowest BCUT2D eigenvalue weighted by atomic mass is 9.71. The van der Waals surface area contributed by atoms with Crippen molar-refractivity contribution < 1.29 is 9.53 Å². The van der Waals surface area contributed by atoms with Gasteiger partial charge in [0, 0.05) is 6.61 Å². The van der Waals surface area contributed by atoms with Gasteiger partial charge in [-0.15, -0.1) is 0 Å². The molecule has 1 N–H and O–H groups in total. The first-order valence-electron chi connectivity index (χ1n) is 7.91. The summed E-state index contributed by atoms with van der Waals surface area (Å²) < 4.78 is 6.22. The van der Waals surface area contributed by atoms with Crippen LogP contribution < -0.4 is 0 Å². The molecule has 0 bridgehead atoms. The minimum absolute atomic E-state index is 0.103. The molecule has 0 saturated heterocycles. The summed E-state index contributed by atoms with van der Waals surface area (Å²) in [6, 6.07) is 0. The highest BCUT2D eigenvalue weighted by molar-refractivity contribution is 6.74. The molecule has 0 amide bonds. The van der Waals surface area contributed by atoms with Crippen molar-refractivity contribution in [2.45, 2.75) is 90.5 Å². The quantitative estimate of drug-likeness (QED) is 0.585. The molecule has 0 spiro atoms. The highest BCUT2D eigenvalue weighted by Gasteiger charge is 2.38. The van der Waals surface area contributed by atoms with E-state index in [0.717, 1.165) is 25.9 Å². The largest absolute Gasteiger partial charge is 0.417 e. The first kappa shape index (κ1) is 17.2. The standard InChI is InChI=1S/C16H34O2Si/c1-15(2,3)19(5,6)18-13-9-12-16(4)11-8-7-10-14(16)17/h14,17H,7-13H2,1-6H3/t14-,16-/m1/s1. The molecule has 0 aliphatic heterocycles. The molecular formula is C16H34O2Si. The number of rotatable bonds is 5. The number of aliphatic hydroxyl groups excluding tert-OH is 1. The molecule has 0 heterocycles. The third kappa shape index (κ3) is 4.57. The lowest BCUT2D eigenvalue weighted by Gasteiger charge is -2.39. The molecule has 1 aliphatic rings. The Labute approximate surface area is 121 Å². The molecule has 19 heavy (non-hydrogen) atoms. The topological polar surface area (TPSA) is 29.5 Å². The summed E-state index contributed by atoms with van der Waals surface area (Å²) >= 11 is 0. The Morgan fingerprint density at radius 2 is 1.89 bits per heavy atom. The van der Waals surface area contributed by atoms with E-state index in [9.17, 15) is 5.11 Å². The van der Waals surface area contributed by atoms with Crippen LogP contribution in [0, 0.1) is 5.41 Å². The second kappa shape index (κ2) is 6.27. The molecule has 2 nitrogen and oxygen atoms in total. The summed E-state index contributed by atoms with van der Waals surface area (Å²) in [6.45, 7) is 14.6. The molecule has 3 heteroatoms. The van der Waals surface area contributed by atoms with Crippen molar-refractivity contribution in [1.82, 2.24) is 0 Å². The van der Waals surface area contributed by atoms with E-state index in [1.807, 2.05) is 0 Å². The molecular weight excluding hydrogens is 252 g/mol. The molecule has 0 aromatic heterocycles. The average molecular weight is 287 g/mol. The Hall–Kier alpha value is 0.137. The van der Waals surface area contributed by atoms with Crippen molar-refractivity contribution in [1.29, 1.82) is 0 Å². The van der Waals surface area contributed by atoms with Crippen molar-refractivity contribution in [3.8, 4) is 0 Å². The van der Waals surface area contributed by atoms with E-state index in [1.54, 1.807) is 0 Å². The fraction of sp³-hybridized carbons (Fsp3) is 1.00. The predicted octanol–water partition coefficient (Wildman–Crippen LogP) is 4.73. The van der Waals surface area contributed by atoms with E-state index in [0.29, 0.717) is 5.04 Å². The molecule has 114 valence electrons. The van der Waals surface area contributed by atoms with E-state index in [-0.39, 0.29) is 11.5 Å². The summed E-state index contributed by atoms with van der Waals surface area (Å²) in [6.07, 6.45) is 6.71. The highest BCUT2D eigenvalue weighted by Crippen LogP contribution is 2.40. The van der Waals surface area contributed by atoms with Crippen LogP contribution in [0.1, 0.15) is 66.2 Å². The Morgan fingerprint density at radius 1 is 1.26 bits per heavy atom. The van der Waals surface area contributed by atoms with Crippen LogP contribution in [-0.2, 0) is 4.43 Å². The summed E-state index contributed by atoms with van der Waals surface area (Å²) in [5, 5.41) is 10.5. The van der Waals surface area contributed by atoms with Gasteiger partial charge in [0.15, 0.2) is 8.32 Å². The van der Waals surface area contributed by atoms with E-state index in [1.165, 1.54) is 19.3 Å². The van der Waals surface area contributed by atoms with Crippen LogP contribution in [0.25, 0.3) is 0 Å². The van der Waals surface area contributed by atoms with Crippen LogP contribution in [0.5, 0.6) is 0 Å². The van der Waals surface area contributed by atoms with Gasteiger partial charge in [-0.05, 0) is 49.2 Å². The van der Waals surface area contributed by atoms with Crippen LogP contribution in [0.4, 0.5) is 0 Å². The maximum absolute atomic E-state index is 10.2. The predicted molar refractivity (Wildman–Crippen MR) is 85.0 cm³/mol. The number of hydrogen-bond donors (Lipinski definition) is 1. The Kier molecular flexibility index (Phi) is 5.68. The minimum Gasteiger partial charge on any atom is -0.417 e. The smallest absolute Gasteiger partial charge is 0.191 e. The molecule has 1 aliphatic carbocycles. The van der Waals surface area contributed by atoms with Gasteiger partial charge < -0.3 is 9.53 Å². The van der Waals surface area contributed by atoms with Crippen molar-refractivity contribution in [3.63, 3.8) is 0 Å². The second-order valence-corrected chi connectivity index (χ2v) is 12.9. The highest BCUT2D eigenvalue weighted by atomic mass is 28.4. The van der Waals surface area contributed by atoms with Crippen LogP contribution in [-0.4, -0.2) is 26.1 Å². The normalized spacial score (nSPS) is 29.5. The number of aliphatic hydroxyl groups is 1. The Balaban J connectivity index is 2.35. The van der Waals surface area contributed by atoms with E-state index in [4.69, 9.17) is 4.43 Å². The zero-order valence-electron chi connectivity index (χ0n) is 13.9. The van der Waals surface area contributed by atoms with Crippen LogP contribution >= 0.6 is 0 Å². The van der Waals surface area contributed by atoms with E-state index in [2.05, 4.69) is 40.8 Å². The summed E-state index contributed by atoms with van der Waals surface area (Å²) in [5.41, 5.74) is 0.134. The van der Waals surface area contributed by atoms with Gasteiger partial charge in [0.25, 0.3) is 0 Å². The van der Waals surface area contributed by atoms with Crippen LogP contribution in [0.15, 0.2) is 0 Å².